The molecule has 4 N–H and O–H groups in total. The van der Waals surface area contributed by atoms with Crippen LogP contribution in [0.5, 0.6) is 0 Å². The Morgan fingerprint density at radius 2 is 1.93 bits per heavy atom. The number of unbranched alkanes of at least 4 members (excludes halogenated alkanes) is 2. The lowest BCUT2D eigenvalue weighted by molar-refractivity contribution is 0.160. The van der Waals surface area contributed by atoms with Crippen LogP contribution >= 0.6 is 0 Å². The summed E-state index contributed by atoms with van der Waals surface area (Å²) in [5.74, 6) is 0. The summed E-state index contributed by atoms with van der Waals surface area (Å²) in [6.07, 6.45) is 6.81. The van der Waals surface area contributed by atoms with Crippen LogP contribution in [0.4, 0.5) is 0 Å². The molecule has 0 fully saturated rings. The molecule has 0 aliphatic carbocycles. The average molecular weight is 216 g/mol. The van der Waals surface area contributed by atoms with Gasteiger partial charge in [0.2, 0.25) is 0 Å². The van der Waals surface area contributed by atoms with E-state index in [4.69, 9.17) is 10.8 Å². The second-order valence-corrected chi connectivity index (χ2v) is 4.49. The van der Waals surface area contributed by atoms with Crippen LogP contribution in [0, 0.1) is 5.41 Å². The number of rotatable bonds is 10. The van der Waals surface area contributed by atoms with Crippen molar-refractivity contribution in [2.45, 2.75) is 45.4 Å². The molecule has 0 rings (SSSR count). The van der Waals surface area contributed by atoms with E-state index >= 15 is 0 Å². The van der Waals surface area contributed by atoms with E-state index in [1.165, 1.54) is 19.3 Å². The van der Waals surface area contributed by atoms with Gasteiger partial charge in [-0.3, -0.25) is 0 Å². The Bertz CT molecular complexity index is 142. The van der Waals surface area contributed by atoms with Gasteiger partial charge in [0.05, 0.1) is 0 Å². The second kappa shape index (κ2) is 9.13. The van der Waals surface area contributed by atoms with Crippen molar-refractivity contribution < 1.29 is 5.11 Å². The van der Waals surface area contributed by atoms with E-state index in [1.807, 2.05) is 7.05 Å². The van der Waals surface area contributed by atoms with Crippen LogP contribution in [0.25, 0.3) is 0 Å². The fourth-order valence-corrected chi connectivity index (χ4v) is 2.06. The molecule has 3 nitrogen and oxygen atoms in total. The minimum Gasteiger partial charge on any atom is -0.396 e. The van der Waals surface area contributed by atoms with Crippen molar-refractivity contribution in [2.24, 2.45) is 11.1 Å². The van der Waals surface area contributed by atoms with Crippen LogP contribution in [0.2, 0.25) is 0 Å². The van der Waals surface area contributed by atoms with Gasteiger partial charge in [0.25, 0.3) is 0 Å². The summed E-state index contributed by atoms with van der Waals surface area (Å²) in [4.78, 5) is 0. The average Bonchev–Trinajstić information content (AvgIpc) is 2.26. The molecule has 3 heteroatoms. The van der Waals surface area contributed by atoms with E-state index in [0.29, 0.717) is 6.54 Å². The molecule has 0 bridgehead atoms. The summed E-state index contributed by atoms with van der Waals surface area (Å²) < 4.78 is 0. The molecule has 0 aromatic carbocycles. The summed E-state index contributed by atoms with van der Waals surface area (Å²) in [6, 6.07) is 0. The van der Waals surface area contributed by atoms with Gasteiger partial charge in [0.1, 0.15) is 0 Å². The van der Waals surface area contributed by atoms with E-state index < -0.39 is 0 Å². The highest BCUT2D eigenvalue weighted by molar-refractivity contribution is 4.80. The Morgan fingerprint density at radius 1 is 1.20 bits per heavy atom. The highest BCUT2D eigenvalue weighted by Gasteiger charge is 2.26. The molecule has 0 amide bonds. The van der Waals surface area contributed by atoms with Gasteiger partial charge in [-0.05, 0) is 44.8 Å². The number of hydrogen-bond acceptors (Lipinski definition) is 3. The van der Waals surface area contributed by atoms with Crippen molar-refractivity contribution in [3.63, 3.8) is 0 Å². The first kappa shape index (κ1) is 14.9. The highest BCUT2D eigenvalue weighted by atomic mass is 16.3. The standard InChI is InChI=1S/C12H28N2O/c1-3-4-5-6-12(11-13,8-10-15)7-9-14-2/h14-15H,3-11,13H2,1-2H3. The van der Waals surface area contributed by atoms with E-state index in [9.17, 15) is 0 Å². The fourth-order valence-electron chi connectivity index (χ4n) is 2.06. The Balaban J connectivity index is 4.09. The number of aliphatic hydroxyl groups is 1. The molecular weight excluding hydrogens is 188 g/mol. The second-order valence-electron chi connectivity index (χ2n) is 4.49. The lowest BCUT2D eigenvalue weighted by atomic mass is 9.77. The smallest absolute Gasteiger partial charge is 0.0436 e. The third-order valence-electron chi connectivity index (χ3n) is 3.29. The maximum Gasteiger partial charge on any atom is 0.0436 e. The Hall–Kier alpha value is -0.120. The van der Waals surface area contributed by atoms with Gasteiger partial charge in [0, 0.05) is 6.61 Å². The number of nitrogens with one attached hydrogen (secondary N) is 1. The summed E-state index contributed by atoms with van der Waals surface area (Å²) in [6.45, 7) is 4.15. The van der Waals surface area contributed by atoms with E-state index in [-0.39, 0.29) is 12.0 Å². The predicted molar refractivity (Wildman–Crippen MR) is 65.9 cm³/mol. The maximum atomic E-state index is 9.11. The van der Waals surface area contributed by atoms with Crippen LogP contribution in [-0.2, 0) is 0 Å². The van der Waals surface area contributed by atoms with Crippen molar-refractivity contribution in [1.29, 1.82) is 0 Å². The number of aliphatic hydroxyl groups excluding tert-OH is 1. The Morgan fingerprint density at radius 3 is 2.40 bits per heavy atom. The third-order valence-corrected chi connectivity index (χ3v) is 3.29. The first-order valence-corrected chi connectivity index (χ1v) is 6.20. The third kappa shape index (κ3) is 6.13. The minimum atomic E-state index is 0.160. The highest BCUT2D eigenvalue weighted by Crippen LogP contribution is 2.31. The fraction of sp³-hybridized carbons (Fsp3) is 1.00. The van der Waals surface area contributed by atoms with Crippen LogP contribution in [0.15, 0.2) is 0 Å². The first-order chi connectivity index (χ1) is 7.24. The molecule has 0 aliphatic heterocycles. The molecule has 0 aromatic heterocycles. The van der Waals surface area contributed by atoms with Crippen molar-refractivity contribution in [1.82, 2.24) is 5.32 Å². The Labute approximate surface area is 94.4 Å². The molecule has 0 saturated carbocycles. The van der Waals surface area contributed by atoms with Crippen LogP contribution < -0.4 is 11.1 Å². The van der Waals surface area contributed by atoms with Gasteiger partial charge in [0.15, 0.2) is 0 Å². The molecule has 92 valence electrons. The zero-order valence-corrected chi connectivity index (χ0v) is 10.4. The molecule has 1 atom stereocenters. The molecule has 0 spiro atoms. The molecule has 0 radical (unpaired) electrons. The van der Waals surface area contributed by atoms with Crippen molar-refractivity contribution in [3.8, 4) is 0 Å². The monoisotopic (exact) mass is 216 g/mol. The van der Waals surface area contributed by atoms with Gasteiger partial charge in [-0.1, -0.05) is 26.2 Å². The lowest BCUT2D eigenvalue weighted by Crippen LogP contribution is -2.34. The topological polar surface area (TPSA) is 58.3 Å². The number of hydrogen-bond donors (Lipinski definition) is 3. The van der Waals surface area contributed by atoms with E-state index in [1.54, 1.807) is 0 Å². The van der Waals surface area contributed by atoms with Gasteiger partial charge >= 0.3 is 0 Å². The van der Waals surface area contributed by atoms with Gasteiger partial charge in [-0.15, -0.1) is 0 Å². The van der Waals surface area contributed by atoms with Gasteiger partial charge in [-0.2, -0.15) is 0 Å². The minimum absolute atomic E-state index is 0.160. The summed E-state index contributed by atoms with van der Waals surface area (Å²) in [7, 11) is 1.96. The van der Waals surface area contributed by atoms with Crippen molar-refractivity contribution >= 4 is 0 Å². The molecule has 0 heterocycles. The van der Waals surface area contributed by atoms with Crippen molar-refractivity contribution in [3.05, 3.63) is 0 Å². The van der Waals surface area contributed by atoms with E-state index in [2.05, 4.69) is 12.2 Å². The largest absolute Gasteiger partial charge is 0.396 e. The van der Waals surface area contributed by atoms with Gasteiger partial charge in [-0.25, -0.2) is 0 Å². The lowest BCUT2D eigenvalue weighted by Gasteiger charge is -2.32. The molecule has 0 aliphatic rings. The summed E-state index contributed by atoms with van der Waals surface area (Å²) in [5.41, 5.74) is 6.04. The first-order valence-electron chi connectivity index (χ1n) is 6.20. The van der Waals surface area contributed by atoms with Crippen LogP contribution in [0.3, 0.4) is 0 Å². The van der Waals surface area contributed by atoms with Crippen molar-refractivity contribution in [2.75, 3.05) is 26.7 Å². The SMILES string of the molecule is CCCCCC(CN)(CCO)CCNC. The summed E-state index contributed by atoms with van der Waals surface area (Å²) in [5, 5.41) is 12.3. The van der Waals surface area contributed by atoms with Crippen LogP contribution in [0.1, 0.15) is 45.4 Å². The zero-order valence-electron chi connectivity index (χ0n) is 10.4. The zero-order chi connectivity index (χ0) is 11.6. The summed E-state index contributed by atoms with van der Waals surface area (Å²) >= 11 is 0. The quantitative estimate of drug-likeness (QED) is 0.485. The predicted octanol–water partition coefficient (Wildman–Crippen LogP) is 1.50. The number of nitrogens with two attached hydrogens (primary N) is 1. The normalized spacial score (nSPS) is 15.2. The molecule has 1 unspecified atom stereocenters. The van der Waals surface area contributed by atoms with Crippen LogP contribution in [-0.4, -0.2) is 31.9 Å². The molecule has 0 saturated heterocycles. The molecule has 15 heavy (non-hydrogen) atoms. The Kier molecular flexibility index (Phi) is 9.06. The maximum absolute atomic E-state index is 9.11. The van der Waals surface area contributed by atoms with Gasteiger partial charge < -0.3 is 16.2 Å². The van der Waals surface area contributed by atoms with E-state index in [0.717, 1.165) is 25.8 Å². The molecule has 0 aromatic rings. The molecular formula is C12H28N2O.